The minimum Gasteiger partial charge on any atom is -0.466 e. The van der Waals surface area contributed by atoms with Gasteiger partial charge in [0.2, 0.25) is 0 Å². The van der Waals surface area contributed by atoms with Crippen molar-refractivity contribution in [3.8, 4) is 6.07 Å². The van der Waals surface area contributed by atoms with E-state index in [4.69, 9.17) is 26.8 Å². The van der Waals surface area contributed by atoms with Gasteiger partial charge in [-0.15, -0.1) is 0 Å². The number of nitriles is 1. The number of benzene rings is 2. The zero-order valence-corrected chi connectivity index (χ0v) is 18.4. The standard InChI is InChI=1S/C23H18ClN5O4/c1-32-22(30)19-18(12-6-4-3-5-7-12)14(10-25)21(26)29(20(19)23(31)33-2)17-9-16-13(8-15(17)24)11-27-28-16/h3-9,11,18H,26H2,1-2H3,(H,27,28). The Bertz CT molecular complexity index is 1370. The molecular weight excluding hydrogens is 446 g/mol. The van der Waals surface area contributed by atoms with Crippen LogP contribution in [0.3, 0.4) is 0 Å². The Balaban J connectivity index is 2.10. The van der Waals surface area contributed by atoms with E-state index in [0.717, 1.165) is 5.39 Å². The van der Waals surface area contributed by atoms with E-state index in [-0.39, 0.29) is 33.4 Å². The summed E-state index contributed by atoms with van der Waals surface area (Å²) >= 11 is 6.54. The Morgan fingerprint density at radius 2 is 1.88 bits per heavy atom. The summed E-state index contributed by atoms with van der Waals surface area (Å²) in [5.41, 5.74) is 7.67. The van der Waals surface area contributed by atoms with Crippen molar-refractivity contribution in [2.45, 2.75) is 5.92 Å². The number of hydrogen-bond acceptors (Lipinski definition) is 8. The number of carbonyl (C=O) groups excluding carboxylic acids is 2. The fourth-order valence-electron chi connectivity index (χ4n) is 3.89. The van der Waals surface area contributed by atoms with Gasteiger partial charge in [-0.3, -0.25) is 10.00 Å². The largest absolute Gasteiger partial charge is 0.466 e. The maximum Gasteiger partial charge on any atom is 0.355 e. The van der Waals surface area contributed by atoms with Crippen molar-refractivity contribution in [1.29, 1.82) is 5.26 Å². The van der Waals surface area contributed by atoms with E-state index in [9.17, 15) is 14.9 Å². The Morgan fingerprint density at radius 3 is 2.52 bits per heavy atom. The Kier molecular flexibility index (Phi) is 5.77. The number of nitrogens with two attached hydrogens (primary N) is 1. The first kappa shape index (κ1) is 21.9. The lowest BCUT2D eigenvalue weighted by Crippen LogP contribution is -2.40. The van der Waals surface area contributed by atoms with E-state index in [0.29, 0.717) is 11.1 Å². The fraction of sp³-hybridized carbons (Fsp3) is 0.130. The highest BCUT2D eigenvalue weighted by molar-refractivity contribution is 6.34. The average Bonchev–Trinajstić information content (AvgIpc) is 3.29. The van der Waals surface area contributed by atoms with Crippen LogP contribution in [0, 0.1) is 11.3 Å². The van der Waals surface area contributed by atoms with Crippen LogP contribution in [0.2, 0.25) is 5.02 Å². The van der Waals surface area contributed by atoms with Gasteiger partial charge in [0.05, 0.1) is 59.8 Å². The maximum absolute atomic E-state index is 13.1. The number of rotatable bonds is 4. The third-order valence-electron chi connectivity index (χ3n) is 5.36. The number of nitrogens with one attached hydrogen (secondary N) is 1. The number of nitrogens with zero attached hydrogens (tertiary/aromatic N) is 3. The van der Waals surface area contributed by atoms with Gasteiger partial charge in [0.25, 0.3) is 0 Å². The number of H-pyrrole nitrogens is 1. The summed E-state index contributed by atoms with van der Waals surface area (Å²) in [6.07, 6.45) is 1.59. The normalized spacial score (nSPS) is 16.1. The number of aromatic nitrogens is 2. The minimum atomic E-state index is -0.955. The first-order chi connectivity index (χ1) is 15.9. The molecule has 10 heteroatoms. The summed E-state index contributed by atoms with van der Waals surface area (Å²) < 4.78 is 10.0. The van der Waals surface area contributed by atoms with E-state index >= 15 is 0 Å². The fourth-order valence-corrected chi connectivity index (χ4v) is 4.14. The number of fused-ring (bicyclic) bond motifs is 1. The maximum atomic E-state index is 13.1. The summed E-state index contributed by atoms with van der Waals surface area (Å²) in [4.78, 5) is 27.4. The highest BCUT2D eigenvalue weighted by Gasteiger charge is 2.43. The third kappa shape index (κ3) is 3.56. The number of esters is 2. The molecule has 0 fully saturated rings. The molecule has 4 rings (SSSR count). The van der Waals surface area contributed by atoms with Crippen LogP contribution >= 0.6 is 11.6 Å². The van der Waals surface area contributed by atoms with Crippen LogP contribution in [0.4, 0.5) is 5.69 Å². The molecule has 1 unspecified atom stereocenters. The van der Waals surface area contributed by atoms with Crippen molar-refractivity contribution in [2.24, 2.45) is 5.73 Å². The molecule has 1 aliphatic heterocycles. The number of anilines is 1. The second kappa shape index (κ2) is 8.68. The number of ether oxygens (including phenoxy) is 2. The van der Waals surface area contributed by atoms with Gasteiger partial charge in [-0.2, -0.15) is 10.4 Å². The van der Waals surface area contributed by atoms with Gasteiger partial charge in [-0.05, 0) is 17.7 Å². The first-order valence-electron chi connectivity index (χ1n) is 9.71. The van der Waals surface area contributed by atoms with Crippen molar-refractivity contribution in [1.82, 2.24) is 10.2 Å². The van der Waals surface area contributed by atoms with Crippen LogP contribution in [0.1, 0.15) is 11.5 Å². The zero-order chi connectivity index (χ0) is 23.7. The third-order valence-corrected chi connectivity index (χ3v) is 5.66. The first-order valence-corrected chi connectivity index (χ1v) is 10.1. The van der Waals surface area contributed by atoms with Gasteiger partial charge in [-0.1, -0.05) is 41.9 Å². The molecular formula is C23H18ClN5O4. The van der Waals surface area contributed by atoms with Crippen LogP contribution < -0.4 is 10.6 Å². The summed E-state index contributed by atoms with van der Waals surface area (Å²) in [5, 5.41) is 17.8. The molecule has 1 atom stereocenters. The highest BCUT2D eigenvalue weighted by Crippen LogP contribution is 2.45. The summed E-state index contributed by atoms with van der Waals surface area (Å²) in [5.74, 6) is -2.69. The van der Waals surface area contributed by atoms with Crippen LogP contribution in [0.15, 0.2) is 71.3 Å². The molecule has 2 heterocycles. The lowest BCUT2D eigenvalue weighted by atomic mass is 9.81. The van der Waals surface area contributed by atoms with E-state index in [1.165, 1.54) is 19.1 Å². The molecule has 3 aromatic rings. The summed E-state index contributed by atoms with van der Waals surface area (Å²) in [6, 6.07) is 14.1. The van der Waals surface area contributed by atoms with Gasteiger partial charge in [0.15, 0.2) is 0 Å². The second-order valence-electron chi connectivity index (χ2n) is 7.10. The van der Waals surface area contributed by atoms with Crippen LogP contribution in [-0.4, -0.2) is 36.4 Å². The van der Waals surface area contributed by atoms with E-state index in [1.54, 1.807) is 48.7 Å². The second-order valence-corrected chi connectivity index (χ2v) is 7.50. The van der Waals surface area contributed by atoms with Gasteiger partial charge in [-0.25, -0.2) is 9.59 Å². The number of hydrogen-bond donors (Lipinski definition) is 2. The Morgan fingerprint density at radius 1 is 1.18 bits per heavy atom. The average molecular weight is 464 g/mol. The van der Waals surface area contributed by atoms with E-state index < -0.39 is 17.9 Å². The van der Waals surface area contributed by atoms with Crippen LogP contribution in [0.25, 0.3) is 10.9 Å². The quantitative estimate of drug-likeness (QED) is 0.563. The number of methoxy groups -OCH3 is 2. The molecule has 0 radical (unpaired) electrons. The van der Waals surface area contributed by atoms with E-state index in [2.05, 4.69) is 16.3 Å². The van der Waals surface area contributed by atoms with Crippen molar-refractivity contribution >= 4 is 40.1 Å². The molecule has 0 aliphatic carbocycles. The van der Waals surface area contributed by atoms with Crippen molar-refractivity contribution in [2.75, 3.05) is 19.1 Å². The topological polar surface area (TPSA) is 134 Å². The molecule has 2 aromatic carbocycles. The predicted octanol–water partition coefficient (Wildman–Crippen LogP) is 3.11. The molecule has 0 bridgehead atoms. The van der Waals surface area contributed by atoms with Gasteiger partial charge < -0.3 is 15.2 Å². The molecule has 0 saturated carbocycles. The van der Waals surface area contributed by atoms with E-state index in [1.807, 2.05) is 0 Å². The number of allylic oxidation sites excluding steroid dienone is 1. The molecule has 3 N–H and O–H groups in total. The van der Waals surface area contributed by atoms with Crippen molar-refractivity contribution in [3.63, 3.8) is 0 Å². The molecule has 166 valence electrons. The van der Waals surface area contributed by atoms with Crippen molar-refractivity contribution < 1.29 is 19.1 Å². The predicted molar refractivity (Wildman–Crippen MR) is 121 cm³/mol. The summed E-state index contributed by atoms with van der Waals surface area (Å²) in [7, 11) is 2.37. The van der Waals surface area contributed by atoms with Crippen molar-refractivity contribution in [3.05, 3.63) is 81.9 Å². The smallest absolute Gasteiger partial charge is 0.355 e. The lowest BCUT2D eigenvalue weighted by Gasteiger charge is -2.36. The molecule has 0 saturated heterocycles. The minimum absolute atomic E-state index is 0.0510. The van der Waals surface area contributed by atoms with Gasteiger partial charge in [0.1, 0.15) is 11.5 Å². The highest BCUT2D eigenvalue weighted by atomic mass is 35.5. The molecule has 9 nitrogen and oxygen atoms in total. The zero-order valence-electron chi connectivity index (χ0n) is 17.6. The van der Waals surface area contributed by atoms with Crippen LogP contribution in [-0.2, 0) is 19.1 Å². The molecule has 0 amide bonds. The number of aromatic amines is 1. The van der Waals surface area contributed by atoms with Gasteiger partial charge in [0, 0.05) is 5.39 Å². The monoisotopic (exact) mass is 463 g/mol. The SMILES string of the molecule is COC(=O)C1=C(C(=O)OC)N(c2cc3[nH]ncc3cc2Cl)C(N)=C(C#N)C1c1ccccc1. The van der Waals surface area contributed by atoms with Crippen LogP contribution in [0.5, 0.6) is 0 Å². The number of halogens is 1. The Hall–Kier alpha value is -4.29. The molecule has 33 heavy (non-hydrogen) atoms. The molecule has 1 aliphatic rings. The molecule has 1 aromatic heterocycles. The summed E-state index contributed by atoms with van der Waals surface area (Å²) in [6.45, 7) is 0. The number of carbonyl (C=O) groups is 2. The molecule has 0 spiro atoms. The van der Waals surface area contributed by atoms with Gasteiger partial charge >= 0.3 is 11.9 Å². The lowest BCUT2D eigenvalue weighted by molar-refractivity contribution is -0.139. The Labute approximate surface area is 193 Å².